The van der Waals surface area contributed by atoms with Gasteiger partial charge in [-0.3, -0.25) is 9.13 Å². The van der Waals surface area contributed by atoms with Crippen molar-refractivity contribution in [1.82, 2.24) is 9.97 Å². The van der Waals surface area contributed by atoms with Crippen LogP contribution in [0.4, 0.5) is 5.82 Å². The van der Waals surface area contributed by atoms with Gasteiger partial charge in [-0.1, -0.05) is 6.07 Å². The molecule has 1 saturated carbocycles. The molecule has 1 aromatic heterocycles. The van der Waals surface area contributed by atoms with E-state index in [0.717, 1.165) is 23.8 Å². The van der Waals surface area contributed by atoms with Crippen molar-refractivity contribution in [3.05, 3.63) is 29.0 Å². The number of aliphatic hydroxyl groups is 1. The smallest absolute Gasteiger partial charge is 0.340 e. The second-order valence-electron chi connectivity index (χ2n) is 8.55. The van der Waals surface area contributed by atoms with Gasteiger partial charge in [0.15, 0.2) is 5.90 Å². The molecule has 4 rings (SSSR count). The van der Waals surface area contributed by atoms with Crippen LogP contribution in [-0.4, -0.2) is 61.0 Å². The highest BCUT2D eigenvalue weighted by Gasteiger charge is 2.34. The first-order valence-corrected chi connectivity index (χ1v) is 14.5. The minimum atomic E-state index is -4.67. The fourth-order valence-electron chi connectivity index (χ4n) is 4.11. The molecule has 0 bridgehead atoms. The van der Waals surface area contributed by atoms with Gasteiger partial charge >= 0.3 is 15.2 Å². The van der Waals surface area contributed by atoms with Crippen LogP contribution in [0.2, 0.25) is 5.28 Å². The van der Waals surface area contributed by atoms with Gasteiger partial charge in [-0.05, 0) is 60.9 Å². The van der Waals surface area contributed by atoms with Gasteiger partial charge in [0.2, 0.25) is 5.28 Å². The lowest BCUT2D eigenvalue weighted by Gasteiger charge is -2.31. The molecule has 2 fully saturated rings. The van der Waals surface area contributed by atoms with E-state index in [4.69, 9.17) is 30.6 Å². The molecular formula is C19H26ClN3O8P2. The number of nitrogens with one attached hydrogen (secondary N) is 1. The van der Waals surface area contributed by atoms with Gasteiger partial charge in [-0.2, -0.15) is 0 Å². The number of ether oxygens (including phenoxy) is 1. The first-order valence-electron chi connectivity index (χ1n) is 10.5. The van der Waals surface area contributed by atoms with Gasteiger partial charge in [0, 0.05) is 11.9 Å². The Bertz CT molecular complexity index is 1110. The molecule has 0 amide bonds. The normalized spacial score (nSPS) is 27.3. The van der Waals surface area contributed by atoms with Crippen molar-refractivity contribution in [2.45, 2.75) is 44.0 Å². The summed E-state index contributed by atoms with van der Waals surface area (Å²) in [6.45, 7) is 0.446. The van der Waals surface area contributed by atoms with Crippen molar-refractivity contribution in [3.63, 3.8) is 0 Å². The average molecular weight is 522 g/mol. The third-order valence-corrected chi connectivity index (χ3v) is 9.39. The third kappa shape index (κ3) is 6.72. The van der Waals surface area contributed by atoms with E-state index in [1.807, 2.05) is 18.2 Å². The lowest BCUT2D eigenvalue weighted by atomic mass is 9.82. The second kappa shape index (κ2) is 9.85. The Kier molecular flexibility index (Phi) is 7.46. The minimum Gasteiger partial charge on any atom is -0.393 e. The topological polar surface area (TPSA) is 171 Å². The molecule has 2 aromatic rings. The van der Waals surface area contributed by atoms with E-state index in [-0.39, 0.29) is 24.1 Å². The van der Waals surface area contributed by atoms with Crippen LogP contribution in [0.1, 0.15) is 37.4 Å². The molecule has 3 atom stereocenters. The fourth-order valence-corrected chi connectivity index (χ4v) is 6.87. The first-order chi connectivity index (χ1) is 15.5. The van der Waals surface area contributed by atoms with Crippen molar-refractivity contribution in [2.75, 3.05) is 24.4 Å². The van der Waals surface area contributed by atoms with E-state index in [9.17, 15) is 19.1 Å². The molecule has 0 radical (unpaired) electrons. The number of hydrogen-bond acceptors (Lipinski definition) is 8. The van der Waals surface area contributed by atoms with Gasteiger partial charge in [-0.15, -0.1) is 0 Å². The quantitative estimate of drug-likeness (QED) is 0.242. The molecule has 33 heavy (non-hydrogen) atoms. The molecule has 14 heteroatoms. The molecule has 1 aliphatic heterocycles. The Balaban J connectivity index is 1.39. The monoisotopic (exact) mass is 521 g/mol. The number of aromatic nitrogens is 2. The van der Waals surface area contributed by atoms with Crippen LogP contribution in [0.3, 0.4) is 0 Å². The predicted molar refractivity (Wildman–Crippen MR) is 121 cm³/mol. The maximum atomic E-state index is 11.8. The van der Waals surface area contributed by atoms with Crippen molar-refractivity contribution < 1.29 is 38.2 Å². The maximum Gasteiger partial charge on any atom is 0.340 e. The molecule has 182 valence electrons. The minimum absolute atomic E-state index is 0.109. The summed E-state index contributed by atoms with van der Waals surface area (Å²) in [7, 11) is -9.08. The molecule has 1 aromatic carbocycles. The van der Waals surface area contributed by atoms with Crippen molar-refractivity contribution in [2.24, 2.45) is 5.92 Å². The first kappa shape index (κ1) is 25.0. The van der Waals surface area contributed by atoms with Crippen LogP contribution >= 0.6 is 26.8 Å². The Morgan fingerprint density at radius 1 is 1.18 bits per heavy atom. The van der Waals surface area contributed by atoms with Crippen LogP contribution < -0.4 is 5.32 Å². The van der Waals surface area contributed by atoms with Gasteiger partial charge in [-0.25, -0.2) is 9.97 Å². The fraction of sp³-hybridized carbons (Fsp3) is 0.579. The Morgan fingerprint density at radius 3 is 2.64 bits per heavy atom. The Morgan fingerprint density at radius 2 is 1.94 bits per heavy atom. The zero-order valence-corrected chi connectivity index (χ0v) is 20.1. The van der Waals surface area contributed by atoms with Crippen LogP contribution in [0.25, 0.3) is 10.9 Å². The number of rotatable bonds is 9. The van der Waals surface area contributed by atoms with Crippen molar-refractivity contribution in [1.29, 1.82) is 0 Å². The summed E-state index contributed by atoms with van der Waals surface area (Å²) in [6, 6.07) is 5.64. The molecule has 11 nitrogen and oxygen atoms in total. The van der Waals surface area contributed by atoms with E-state index in [1.54, 1.807) is 0 Å². The van der Waals surface area contributed by atoms with Crippen molar-refractivity contribution >= 4 is 43.5 Å². The molecule has 2 heterocycles. The molecule has 5 N–H and O–H groups in total. The average Bonchev–Trinajstić information content (AvgIpc) is 3.15. The van der Waals surface area contributed by atoms with Crippen LogP contribution in [-0.2, 0) is 18.4 Å². The zero-order chi connectivity index (χ0) is 23.8. The molecule has 1 aliphatic carbocycles. The second-order valence-corrected chi connectivity index (χ2v) is 12.9. The lowest BCUT2D eigenvalue weighted by molar-refractivity contribution is 0.0150. The number of halogens is 1. The molecule has 2 aliphatic rings. The third-order valence-electron chi connectivity index (χ3n) is 5.77. The number of fused-ring (bicyclic) bond motifs is 1. The number of benzene rings is 1. The number of nitrogens with zero attached hydrogens (tertiary/aromatic N) is 2. The van der Waals surface area contributed by atoms with E-state index < -0.39 is 27.2 Å². The summed E-state index contributed by atoms with van der Waals surface area (Å²) in [6.07, 6.45) is 1.74. The largest absolute Gasteiger partial charge is 0.393 e. The molecule has 0 spiro atoms. The van der Waals surface area contributed by atoms with Crippen LogP contribution in [0.5, 0.6) is 0 Å². The number of anilines is 1. The summed E-state index contributed by atoms with van der Waals surface area (Å²) in [5.74, 6) is -0.204. The number of hydrogen-bond donors (Lipinski definition) is 5. The summed E-state index contributed by atoms with van der Waals surface area (Å²) in [4.78, 5) is 36.0. The summed E-state index contributed by atoms with van der Waals surface area (Å²) >= 11 is 6.12. The van der Waals surface area contributed by atoms with E-state index in [1.165, 1.54) is 0 Å². The van der Waals surface area contributed by atoms with E-state index in [0.29, 0.717) is 36.6 Å². The van der Waals surface area contributed by atoms with Gasteiger partial charge in [0.1, 0.15) is 5.82 Å². The van der Waals surface area contributed by atoms with Crippen LogP contribution in [0.15, 0.2) is 18.2 Å². The summed E-state index contributed by atoms with van der Waals surface area (Å²) in [5.41, 5.74) is 1.50. The Hall–Kier alpha value is -1.13. The van der Waals surface area contributed by atoms with Gasteiger partial charge in [0.05, 0.1) is 30.4 Å². The SMILES string of the molecule is O=P(O)(O)CP(=O)(O)OC[C@@H]1CC[C@H](c2ccc3c(NCC4CC(O)C4)nc(Cl)nc3c2)O1. The highest BCUT2D eigenvalue weighted by Crippen LogP contribution is 2.55. The Labute approximate surface area is 195 Å². The standard InChI is InChI=1S/C19H26ClN3O8P2/c20-19-22-16-7-12(1-3-15(16)18(23-19)21-8-11-5-13(24)6-11)17-4-2-14(31-17)9-30-33(28,29)10-32(25,26)27/h1,3,7,11,13-14,17,24H,2,4-6,8-10H2,(H,28,29)(H,21,22,23)(H2,25,26,27)/t11?,13?,14-,17+/m0/s1. The highest BCUT2D eigenvalue weighted by molar-refractivity contribution is 7.70. The zero-order valence-electron chi connectivity index (χ0n) is 17.6. The van der Waals surface area contributed by atoms with Crippen LogP contribution in [0, 0.1) is 5.92 Å². The molecule has 1 unspecified atom stereocenters. The van der Waals surface area contributed by atoms with E-state index in [2.05, 4.69) is 15.3 Å². The summed E-state index contributed by atoms with van der Waals surface area (Å²) < 4.78 is 33.6. The molecule has 1 saturated heterocycles. The van der Waals surface area contributed by atoms with Gasteiger partial charge in [0.25, 0.3) is 0 Å². The predicted octanol–water partition coefficient (Wildman–Crippen LogP) is 3.02. The lowest BCUT2D eigenvalue weighted by Crippen LogP contribution is -2.33. The van der Waals surface area contributed by atoms with E-state index >= 15 is 0 Å². The molecular weight excluding hydrogens is 496 g/mol. The van der Waals surface area contributed by atoms with Gasteiger partial charge < -0.3 is 34.4 Å². The number of aliphatic hydroxyl groups excluding tert-OH is 1. The summed E-state index contributed by atoms with van der Waals surface area (Å²) in [5, 5.41) is 13.7. The van der Waals surface area contributed by atoms with Crippen molar-refractivity contribution in [3.8, 4) is 0 Å². The highest BCUT2D eigenvalue weighted by atomic mass is 35.5. The maximum absolute atomic E-state index is 11.8.